The van der Waals surface area contributed by atoms with Crippen molar-refractivity contribution >= 4 is 39.1 Å². The van der Waals surface area contributed by atoms with Crippen LogP contribution in [0.25, 0.3) is 0 Å². The van der Waals surface area contributed by atoms with E-state index in [0.29, 0.717) is 42.0 Å². The number of carbonyl (C=O) groups excluding carboxylic acids is 2. The summed E-state index contributed by atoms with van der Waals surface area (Å²) in [6, 6.07) is 11.4. The highest BCUT2D eigenvalue weighted by atomic mass is 35.5. The van der Waals surface area contributed by atoms with Gasteiger partial charge in [-0.05, 0) is 49.6 Å². The van der Waals surface area contributed by atoms with Gasteiger partial charge in [0.25, 0.3) is 0 Å². The lowest BCUT2D eigenvalue weighted by Crippen LogP contribution is -2.47. The molecule has 0 saturated heterocycles. The van der Waals surface area contributed by atoms with Gasteiger partial charge in [0.15, 0.2) is 11.5 Å². The molecule has 0 saturated carbocycles. The number of rotatable bonds is 13. The number of benzene rings is 2. The molecule has 0 fully saturated rings. The number of anilines is 1. The fourth-order valence-corrected chi connectivity index (χ4v) is 5.18. The van der Waals surface area contributed by atoms with Crippen LogP contribution in [0.3, 0.4) is 0 Å². The van der Waals surface area contributed by atoms with Crippen LogP contribution in [-0.4, -0.2) is 63.7 Å². The highest BCUT2D eigenvalue weighted by Crippen LogP contribution is 2.34. The lowest BCUT2D eigenvalue weighted by molar-refractivity contribution is -0.140. The molecule has 0 radical (unpaired) electrons. The van der Waals surface area contributed by atoms with E-state index >= 15 is 0 Å². The molecule has 1 aliphatic rings. The van der Waals surface area contributed by atoms with Crippen molar-refractivity contribution in [2.75, 3.05) is 36.9 Å². The summed E-state index contributed by atoms with van der Waals surface area (Å²) >= 11 is 6.01. The number of hydrogen-bond acceptors (Lipinski definition) is 6. The molecule has 0 aliphatic carbocycles. The van der Waals surface area contributed by atoms with Crippen molar-refractivity contribution in [3.8, 4) is 11.5 Å². The molecule has 1 N–H and O–H groups in total. The molecule has 1 atom stereocenters. The summed E-state index contributed by atoms with van der Waals surface area (Å²) in [6.07, 6.45) is 3.26. The topological polar surface area (TPSA) is 105 Å². The minimum atomic E-state index is -3.62. The second kappa shape index (κ2) is 13.7. The minimum Gasteiger partial charge on any atom is -0.486 e. The van der Waals surface area contributed by atoms with Crippen LogP contribution in [0.5, 0.6) is 11.5 Å². The van der Waals surface area contributed by atoms with E-state index in [1.165, 1.54) is 9.21 Å². The van der Waals surface area contributed by atoms with Gasteiger partial charge in [0.2, 0.25) is 21.8 Å². The van der Waals surface area contributed by atoms with Crippen LogP contribution < -0.4 is 19.1 Å². The Morgan fingerprint density at radius 3 is 2.39 bits per heavy atom. The zero-order valence-corrected chi connectivity index (χ0v) is 23.7. The molecule has 0 spiro atoms. The summed E-state index contributed by atoms with van der Waals surface area (Å²) < 4.78 is 37.6. The normalized spacial score (nSPS) is 13.5. The summed E-state index contributed by atoms with van der Waals surface area (Å²) in [7, 11) is -3.62. The average molecular weight is 566 g/mol. The van der Waals surface area contributed by atoms with Gasteiger partial charge in [0.05, 0.1) is 11.9 Å². The summed E-state index contributed by atoms with van der Waals surface area (Å²) in [5.41, 5.74) is 1.27. The maximum Gasteiger partial charge on any atom is 0.242 e. The first-order valence-corrected chi connectivity index (χ1v) is 15.0. The van der Waals surface area contributed by atoms with Crippen LogP contribution in [-0.2, 0) is 26.2 Å². The largest absolute Gasteiger partial charge is 0.486 e. The van der Waals surface area contributed by atoms with E-state index in [0.717, 1.165) is 24.7 Å². The molecular weight excluding hydrogens is 530 g/mol. The zero-order valence-electron chi connectivity index (χ0n) is 22.1. The molecule has 1 aliphatic heterocycles. The Labute approximate surface area is 230 Å². The summed E-state index contributed by atoms with van der Waals surface area (Å²) in [5.74, 6) is 0.576. The van der Waals surface area contributed by atoms with Crippen LogP contribution in [0, 0.1) is 0 Å². The minimum absolute atomic E-state index is 0.0662. The number of amides is 2. The van der Waals surface area contributed by atoms with Crippen LogP contribution in [0.4, 0.5) is 5.69 Å². The first-order valence-electron chi connectivity index (χ1n) is 12.8. The predicted octanol–water partition coefficient (Wildman–Crippen LogP) is 3.99. The molecule has 11 heteroatoms. The number of nitrogens with zero attached hydrogens (tertiary/aromatic N) is 2. The Hall–Kier alpha value is -2.98. The van der Waals surface area contributed by atoms with E-state index in [2.05, 4.69) is 5.32 Å². The molecule has 9 nitrogen and oxygen atoms in total. The third kappa shape index (κ3) is 8.26. The van der Waals surface area contributed by atoms with Crippen LogP contribution in [0.2, 0.25) is 5.02 Å². The Morgan fingerprint density at radius 2 is 1.74 bits per heavy atom. The van der Waals surface area contributed by atoms with Crippen LogP contribution in [0.15, 0.2) is 42.5 Å². The van der Waals surface area contributed by atoms with E-state index in [1.54, 1.807) is 37.3 Å². The number of hydrogen-bond donors (Lipinski definition) is 1. The number of carbonyl (C=O) groups is 2. The van der Waals surface area contributed by atoms with E-state index in [4.69, 9.17) is 21.1 Å². The molecule has 2 amide bonds. The molecule has 2 aromatic carbocycles. The molecule has 38 heavy (non-hydrogen) atoms. The molecule has 0 aromatic heterocycles. The average Bonchev–Trinajstić information content (AvgIpc) is 2.89. The van der Waals surface area contributed by atoms with Crippen molar-refractivity contribution in [3.63, 3.8) is 0 Å². The van der Waals surface area contributed by atoms with E-state index in [9.17, 15) is 18.0 Å². The van der Waals surface area contributed by atoms with Gasteiger partial charge in [-0.2, -0.15) is 0 Å². The van der Waals surface area contributed by atoms with Crippen molar-refractivity contribution in [2.24, 2.45) is 0 Å². The van der Waals surface area contributed by atoms with Crippen molar-refractivity contribution < 1.29 is 27.5 Å². The third-order valence-corrected chi connectivity index (χ3v) is 7.67. The lowest BCUT2D eigenvalue weighted by Gasteiger charge is -2.29. The Kier molecular flexibility index (Phi) is 10.7. The highest BCUT2D eigenvalue weighted by Gasteiger charge is 2.27. The fourth-order valence-electron chi connectivity index (χ4n) is 4.10. The number of ether oxygens (including phenoxy) is 2. The van der Waals surface area contributed by atoms with Gasteiger partial charge >= 0.3 is 0 Å². The number of sulfonamides is 1. The van der Waals surface area contributed by atoms with Crippen molar-refractivity contribution in [1.29, 1.82) is 0 Å². The maximum atomic E-state index is 13.4. The first-order chi connectivity index (χ1) is 18.1. The second-order valence-corrected chi connectivity index (χ2v) is 11.6. The van der Waals surface area contributed by atoms with Crippen molar-refractivity contribution in [1.82, 2.24) is 10.2 Å². The summed E-state index contributed by atoms with van der Waals surface area (Å²) in [6.45, 7) is 5.43. The Balaban J connectivity index is 1.71. The molecule has 3 rings (SSSR count). The number of unbranched alkanes of at least 4 members (excludes halogenated alkanes) is 1. The molecule has 208 valence electrons. The van der Waals surface area contributed by atoms with E-state index < -0.39 is 16.1 Å². The highest BCUT2D eigenvalue weighted by molar-refractivity contribution is 7.92. The van der Waals surface area contributed by atoms with Gasteiger partial charge < -0.3 is 19.7 Å². The van der Waals surface area contributed by atoms with E-state index in [-0.39, 0.29) is 37.7 Å². The lowest BCUT2D eigenvalue weighted by atomic mass is 10.1. The maximum absolute atomic E-state index is 13.4. The zero-order chi connectivity index (χ0) is 27.7. The number of halogens is 1. The smallest absolute Gasteiger partial charge is 0.242 e. The standard InChI is InChI=1S/C27H36ClN3O6S/c1-4-5-14-29-27(33)20(2)30(19-21-8-10-22(28)11-9-21)26(32)7-6-15-31(38(3,34)35)23-12-13-24-25(18-23)37-17-16-36-24/h8-13,18,20H,4-7,14-17,19H2,1-3H3,(H,29,33)/t20-/m1/s1. The van der Waals surface area contributed by atoms with Gasteiger partial charge in [-0.25, -0.2) is 8.42 Å². The SMILES string of the molecule is CCCCNC(=O)[C@@H](C)N(Cc1ccc(Cl)cc1)C(=O)CCCN(c1ccc2c(c1)OCCO2)S(C)(=O)=O. The van der Waals surface area contributed by atoms with Gasteiger partial charge in [-0.1, -0.05) is 37.1 Å². The number of fused-ring (bicyclic) bond motifs is 1. The van der Waals surface area contributed by atoms with Gasteiger partial charge in [0, 0.05) is 37.1 Å². The van der Waals surface area contributed by atoms with Gasteiger partial charge in [-0.15, -0.1) is 0 Å². The predicted molar refractivity (Wildman–Crippen MR) is 148 cm³/mol. The Bertz CT molecular complexity index is 1210. The van der Waals surface area contributed by atoms with Crippen LogP contribution in [0.1, 0.15) is 45.1 Å². The molecule has 0 unspecified atom stereocenters. The number of nitrogens with one attached hydrogen (secondary N) is 1. The molecule has 1 heterocycles. The Morgan fingerprint density at radius 1 is 1.05 bits per heavy atom. The van der Waals surface area contributed by atoms with Gasteiger partial charge in [-0.3, -0.25) is 13.9 Å². The quantitative estimate of drug-likeness (QED) is 0.368. The monoisotopic (exact) mass is 565 g/mol. The van der Waals surface area contributed by atoms with Gasteiger partial charge in [0.1, 0.15) is 19.3 Å². The van der Waals surface area contributed by atoms with E-state index in [1.807, 2.05) is 19.1 Å². The van der Waals surface area contributed by atoms with Crippen molar-refractivity contribution in [3.05, 3.63) is 53.1 Å². The molecular formula is C27H36ClN3O6S. The summed E-state index contributed by atoms with van der Waals surface area (Å²) in [5, 5.41) is 3.47. The molecule has 0 bridgehead atoms. The summed E-state index contributed by atoms with van der Waals surface area (Å²) in [4.78, 5) is 27.7. The first kappa shape index (κ1) is 29.6. The molecule has 2 aromatic rings. The third-order valence-electron chi connectivity index (χ3n) is 6.23. The van der Waals surface area contributed by atoms with Crippen molar-refractivity contribution in [2.45, 2.75) is 52.1 Å². The second-order valence-electron chi connectivity index (χ2n) is 9.24. The fraction of sp³-hybridized carbons (Fsp3) is 0.481. The van der Waals surface area contributed by atoms with Crippen LogP contribution >= 0.6 is 11.6 Å².